The van der Waals surface area contributed by atoms with E-state index in [1.54, 1.807) is 0 Å². The number of carbonyl (C=O) groups is 2. The minimum atomic E-state index is -0.906. The van der Waals surface area contributed by atoms with Gasteiger partial charge in [0.15, 0.2) is 0 Å². The Morgan fingerprint density at radius 2 is 1.82 bits per heavy atom. The molecule has 2 N–H and O–H groups in total. The first-order valence-electron chi connectivity index (χ1n) is 12.1. The molecule has 0 saturated carbocycles. The number of carboxylic acid groups (broad SMARTS) is 1. The summed E-state index contributed by atoms with van der Waals surface area (Å²) in [6, 6.07) is 12.9. The number of allylic oxidation sites excluding steroid dienone is 1. The number of nitrogens with one attached hydrogen (secondary N) is 1. The second kappa shape index (κ2) is 10.8. The van der Waals surface area contributed by atoms with Crippen LogP contribution in [0.15, 0.2) is 47.7 Å². The summed E-state index contributed by atoms with van der Waals surface area (Å²) < 4.78 is 0. The zero-order chi connectivity index (χ0) is 23.2. The van der Waals surface area contributed by atoms with Gasteiger partial charge in [0.1, 0.15) is 5.82 Å². The van der Waals surface area contributed by atoms with Crippen molar-refractivity contribution in [3.8, 4) is 0 Å². The van der Waals surface area contributed by atoms with E-state index < -0.39 is 5.97 Å². The van der Waals surface area contributed by atoms with Crippen LogP contribution in [0.1, 0.15) is 51.9 Å². The van der Waals surface area contributed by atoms with Crippen LogP contribution < -0.4 is 10.2 Å². The third-order valence-electron chi connectivity index (χ3n) is 6.89. The predicted molar refractivity (Wildman–Crippen MR) is 130 cm³/mol. The van der Waals surface area contributed by atoms with Crippen molar-refractivity contribution in [1.29, 1.82) is 0 Å². The number of aliphatic carboxylic acids is 1. The summed E-state index contributed by atoms with van der Waals surface area (Å²) in [6.07, 6.45) is 5.19. The molecule has 1 aromatic carbocycles. The number of carboxylic acids is 1. The molecular weight excluding hydrogens is 416 g/mol. The molecule has 2 heterocycles. The summed E-state index contributed by atoms with van der Waals surface area (Å²) in [4.78, 5) is 33.4. The molecule has 1 unspecified atom stereocenters. The zero-order valence-corrected chi connectivity index (χ0v) is 19.4. The lowest BCUT2D eigenvalue weighted by Gasteiger charge is -2.38. The van der Waals surface area contributed by atoms with E-state index in [9.17, 15) is 14.7 Å². The molecule has 1 atom stereocenters. The van der Waals surface area contributed by atoms with Crippen LogP contribution in [0, 0.1) is 0 Å². The first kappa shape index (κ1) is 23.2. The van der Waals surface area contributed by atoms with Crippen molar-refractivity contribution in [2.75, 3.05) is 31.1 Å². The number of hydrogen-bond acceptors (Lipinski definition) is 5. The quantitative estimate of drug-likeness (QED) is 0.634. The van der Waals surface area contributed by atoms with E-state index in [0.717, 1.165) is 68.6 Å². The van der Waals surface area contributed by atoms with Gasteiger partial charge in [-0.3, -0.25) is 9.69 Å². The minimum absolute atomic E-state index is 0.0648. The molecule has 0 bridgehead atoms. The largest absolute Gasteiger partial charge is 0.478 e. The molecule has 4 rings (SSSR count). The molecule has 1 amide bonds. The van der Waals surface area contributed by atoms with Crippen LogP contribution in [0.2, 0.25) is 0 Å². The molecule has 0 spiro atoms. The topological polar surface area (TPSA) is 85.8 Å². The Labute approximate surface area is 195 Å². The molecule has 2 aliphatic rings. The third-order valence-corrected chi connectivity index (χ3v) is 6.89. The van der Waals surface area contributed by atoms with Crippen molar-refractivity contribution in [3.63, 3.8) is 0 Å². The minimum Gasteiger partial charge on any atom is -0.478 e. The smallest absolute Gasteiger partial charge is 0.333 e. The third kappa shape index (κ3) is 5.90. The van der Waals surface area contributed by atoms with Gasteiger partial charge in [-0.05, 0) is 63.6 Å². The van der Waals surface area contributed by atoms with Crippen LogP contribution in [0.25, 0.3) is 10.9 Å². The van der Waals surface area contributed by atoms with Gasteiger partial charge in [-0.25, -0.2) is 9.78 Å². The van der Waals surface area contributed by atoms with E-state index >= 15 is 0 Å². The number of anilines is 1. The van der Waals surface area contributed by atoms with Gasteiger partial charge in [-0.1, -0.05) is 18.2 Å². The molecule has 33 heavy (non-hydrogen) atoms. The number of rotatable bonds is 8. The molecule has 1 fully saturated rings. The molecule has 1 aliphatic carbocycles. The average molecular weight is 451 g/mol. The number of hydrogen-bond donors (Lipinski definition) is 2. The van der Waals surface area contributed by atoms with Crippen LogP contribution in [0.5, 0.6) is 0 Å². The second-order valence-corrected chi connectivity index (χ2v) is 9.14. The van der Waals surface area contributed by atoms with Crippen molar-refractivity contribution >= 4 is 28.6 Å². The first-order valence-corrected chi connectivity index (χ1v) is 12.1. The molecule has 1 aromatic heterocycles. The molecule has 7 nitrogen and oxygen atoms in total. The summed E-state index contributed by atoms with van der Waals surface area (Å²) >= 11 is 0. The number of pyridine rings is 1. The SMILES string of the molecule is CC(CCCC(=O)NC1=C(C(=O)O)CCCC1)N1CCN(c2ccc3ccccc3n2)CC1. The fourth-order valence-corrected chi connectivity index (χ4v) is 4.87. The Balaban J connectivity index is 1.21. The number of para-hydroxylation sites is 1. The normalized spacial score (nSPS) is 18.4. The summed E-state index contributed by atoms with van der Waals surface area (Å²) in [5, 5.41) is 13.4. The average Bonchev–Trinajstić information content (AvgIpc) is 2.84. The Hall–Kier alpha value is -2.93. The van der Waals surface area contributed by atoms with Crippen molar-refractivity contribution in [1.82, 2.24) is 15.2 Å². The van der Waals surface area contributed by atoms with Crippen LogP contribution in [-0.2, 0) is 9.59 Å². The fraction of sp³-hybridized carbons (Fsp3) is 0.500. The standard InChI is InChI=1S/C26H34N4O3/c1-19(7-6-12-25(31)28-23-11-5-3-9-21(23)26(32)33)29-15-17-30(18-16-29)24-14-13-20-8-2-4-10-22(20)27-24/h2,4,8,10,13-14,19H,3,5-7,9,11-12,15-18H2,1H3,(H,28,31)(H,32,33). The number of nitrogens with zero attached hydrogens (tertiary/aromatic N) is 3. The highest BCUT2D eigenvalue weighted by molar-refractivity contribution is 5.89. The van der Waals surface area contributed by atoms with Crippen molar-refractivity contribution in [2.24, 2.45) is 0 Å². The van der Waals surface area contributed by atoms with E-state index in [1.165, 1.54) is 0 Å². The Morgan fingerprint density at radius 3 is 2.61 bits per heavy atom. The number of amides is 1. The second-order valence-electron chi connectivity index (χ2n) is 9.14. The number of benzene rings is 1. The maximum absolute atomic E-state index is 12.4. The van der Waals surface area contributed by atoms with Crippen molar-refractivity contribution in [3.05, 3.63) is 47.7 Å². The lowest BCUT2D eigenvalue weighted by molar-refractivity contribution is -0.133. The Kier molecular flexibility index (Phi) is 7.60. The maximum atomic E-state index is 12.4. The number of aromatic nitrogens is 1. The summed E-state index contributed by atoms with van der Waals surface area (Å²) in [6.45, 7) is 6.09. The van der Waals surface area contributed by atoms with Gasteiger partial charge in [0.05, 0.1) is 11.1 Å². The number of piperazine rings is 1. The van der Waals surface area contributed by atoms with Crippen molar-refractivity contribution < 1.29 is 14.7 Å². The first-order chi connectivity index (χ1) is 16.0. The van der Waals surface area contributed by atoms with Gasteiger partial charge in [0.25, 0.3) is 0 Å². The molecular formula is C26H34N4O3. The Bertz CT molecular complexity index is 1030. The van der Waals surface area contributed by atoms with Crippen LogP contribution in [-0.4, -0.2) is 59.1 Å². The van der Waals surface area contributed by atoms with Gasteiger partial charge in [-0.2, -0.15) is 0 Å². The highest BCUT2D eigenvalue weighted by Crippen LogP contribution is 2.24. The molecule has 0 radical (unpaired) electrons. The van der Waals surface area contributed by atoms with Gasteiger partial charge < -0.3 is 15.3 Å². The van der Waals surface area contributed by atoms with Gasteiger partial charge in [0.2, 0.25) is 5.91 Å². The highest BCUT2D eigenvalue weighted by Gasteiger charge is 2.23. The maximum Gasteiger partial charge on any atom is 0.333 e. The van der Waals surface area contributed by atoms with E-state index in [0.29, 0.717) is 36.6 Å². The van der Waals surface area contributed by atoms with E-state index in [1.807, 2.05) is 12.1 Å². The molecule has 2 aromatic rings. The molecule has 7 heteroatoms. The predicted octanol–water partition coefficient (Wildman–Crippen LogP) is 3.94. The van der Waals surface area contributed by atoms with E-state index in [2.05, 4.69) is 46.3 Å². The number of fused-ring (bicyclic) bond motifs is 1. The van der Waals surface area contributed by atoms with E-state index in [-0.39, 0.29) is 5.91 Å². The molecule has 1 saturated heterocycles. The van der Waals surface area contributed by atoms with Gasteiger partial charge in [0, 0.05) is 49.7 Å². The van der Waals surface area contributed by atoms with Crippen LogP contribution in [0.4, 0.5) is 5.82 Å². The van der Waals surface area contributed by atoms with Crippen LogP contribution in [0.3, 0.4) is 0 Å². The molecule has 176 valence electrons. The summed E-state index contributed by atoms with van der Waals surface area (Å²) in [5.74, 6) is 0.0668. The lowest BCUT2D eigenvalue weighted by Crippen LogP contribution is -2.49. The van der Waals surface area contributed by atoms with E-state index in [4.69, 9.17) is 4.98 Å². The monoisotopic (exact) mass is 450 g/mol. The van der Waals surface area contributed by atoms with Crippen LogP contribution >= 0.6 is 0 Å². The Morgan fingerprint density at radius 1 is 1.06 bits per heavy atom. The highest BCUT2D eigenvalue weighted by atomic mass is 16.4. The van der Waals surface area contributed by atoms with Gasteiger partial charge >= 0.3 is 5.97 Å². The zero-order valence-electron chi connectivity index (χ0n) is 19.4. The lowest BCUT2D eigenvalue weighted by atomic mass is 9.96. The van der Waals surface area contributed by atoms with Crippen molar-refractivity contribution in [2.45, 2.75) is 57.9 Å². The summed E-state index contributed by atoms with van der Waals surface area (Å²) in [7, 11) is 0. The van der Waals surface area contributed by atoms with Gasteiger partial charge in [-0.15, -0.1) is 0 Å². The number of carbonyl (C=O) groups excluding carboxylic acids is 1. The molecule has 1 aliphatic heterocycles. The fourth-order valence-electron chi connectivity index (χ4n) is 4.87. The summed E-state index contributed by atoms with van der Waals surface area (Å²) in [5.41, 5.74) is 2.02.